The molecular formula is C25H23Cl2N3O2. The Morgan fingerprint density at radius 3 is 2.56 bits per heavy atom. The standard InChI is InChI=1S/C25H23Cl2N3O2/c1-31-24-10-7-17(11-25(24)32-2)13-28-29-14-19-16-30(23-6-4-3-5-21(19)23)15-18-8-9-20(26)12-22(18)27/h3-12,14,16,28H,13,15H2,1-2H3/b29-14+. The second-order valence-electron chi connectivity index (χ2n) is 7.25. The second kappa shape index (κ2) is 9.98. The first-order chi connectivity index (χ1) is 15.6. The number of nitrogens with one attached hydrogen (secondary N) is 1. The molecule has 3 aromatic carbocycles. The first-order valence-electron chi connectivity index (χ1n) is 10.1. The highest BCUT2D eigenvalue weighted by Crippen LogP contribution is 2.28. The minimum Gasteiger partial charge on any atom is -0.493 e. The lowest BCUT2D eigenvalue weighted by Gasteiger charge is -2.09. The van der Waals surface area contributed by atoms with Crippen molar-refractivity contribution in [1.82, 2.24) is 9.99 Å². The van der Waals surface area contributed by atoms with Gasteiger partial charge in [-0.25, -0.2) is 0 Å². The molecule has 4 rings (SSSR count). The maximum atomic E-state index is 6.39. The predicted molar refractivity (Wildman–Crippen MR) is 131 cm³/mol. The van der Waals surface area contributed by atoms with Crippen LogP contribution in [-0.4, -0.2) is 25.0 Å². The average Bonchev–Trinajstić information content (AvgIpc) is 3.16. The van der Waals surface area contributed by atoms with E-state index in [2.05, 4.69) is 33.4 Å². The van der Waals surface area contributed by atoms with Crippen molar-refractivity contribution >= 4 is 40.3 Å². The van der Waals surface area contributed by atoms with E-state index in [-0.39, 0.29) is 0 Å². The third-order valence-electron chi connectivity index (χ3n) is 5.20. The lowest BCUT2D eigenvalue weighted by atomic mass is 10.2. The number of rotatable bonds is 8. The van der Waals surface area contributed by atoms with Crippen LogP contribution in [0.5, 0.6) is 11.5 Å². The topological polar surface area (TPSA) is 47.8 Å². The number of para-hydroxylation sites is 1. The molecule has 0 aliphatic carbocycles. The van der Waals surface area contributed by atoms with Crippen molar-refractivity contribution in [3.05, 3.63) is 93.6 Å². The highest BCUT2D eigenvalue weighted by Gasteiger charge is 2.09. The molecule has 0 aliphatic heterocycles. The number of nitrogens with zero attached hydrogens (tertiary/aromatic N) is 2. The van der Waals surface area contributed by atoms with Gasteiger partial charge in [-0.2, -0.15) is 5.10 Å². The lowest BCUT2D eigenvalue weighted by molar-refractivity contribution is 0.354. The fourth-order valence-electron chi connectivity index (χ4n) is 3.59. The van der Waals surface area contributed by atoms with E-state index < -0.39 is 0 Å². The zero-order valence-electron chi connectivity index (χ0n) is 17.8. The van der Waals surface area contributed by atoms with Crippen molar-refractivity contribution in [3.8, 4) is 11.5 Å². The second-order valence-corrected chi connectivity index (χ2v) is 8.09. The summed E-state index contributed by atoms with van der Waals surface area (Å²) in [6, 6.07) is 19.6. The van der Waals surface area contributed by atoms with E-state index in [9.17, 15) is 0 Å². The molecule has 1 N–H and O–H groups in total. The molecule has 0 spiro atoms. The zero-order valence-corrected chi connectivity index (χ0v) is 19.3. The van der Waals surface area contributed by atoms with Gasteiger partial charge in [0.1, 0.15) is 0 Å². The Morgan fingerprint density at radius 1 is 0.969 bits per heavy atom. The summed E-state index contributed by atoms with van der Waals surface area (Å²) < 4.78 is 12.8. The summed E-state index contributed by atoms with van der Waals surface area (Å²) in [7, 11) is 3.25. The van der Waals surface area contributed by atoms with Gasteiger partial charge in [0.05, 0.1) is 27.0 Å². The average molecular weight is 468 g/mol. The number of aromatic nitrogens is 1. The van der Waals surface area contributed by atoms with E-state index >= 15 is 0 Å². The zero-order chi connectivity index (χ0) is 22.5. The van der Waals surface area contributed by atoms with Gasteiger partial charge in [0.2, 0.25) is 0 Å². The SMILES string of the molecule is COc1ccc(CN/N=C/c2cn(Cc3ccc(Cl)cc3Cl)c3ccccc23)cc1OC. The molecule has 1 aromatic heterocycles. The fraction of sp³-hybridized carbons (Fsp3) is 0.160. The predicted octanol–water partition coefficient (Wildman–Crippen LogP) is 6.14. The summed E-state index contributed by atoms with van der Waals surface area (Å²) in [6.07, 6.45) is 3.92. The number of hydrazone groups is 1. The van der Waals surface area contributed by atoms with E-state index in [1.165, 1.54) is 0 Å². The molecule has 0 saturated heterocycles. The Morgan fingerprint density at radius 2 is 1.78 bits per heavy atom. The number of methoxy groups -OCH3 is 2. The highest BCUT2D eigenvalue weighted by atomic mass is 35.5. The number of halogens is 2. The van der Waals surface area contributed by atoms with Gasteiger partial charge in [0.25, 0.3) is 0 Å². The molecule has 0 atom stereocenters. The lowest BCUT2D eigenvalue weighted by Crippen LogP contribution is -2.06. The first kappa shape index (κ1) is 22.1. The summed E-state index contributed by atoms with van der Waals surface area (Å²) in [5.41, 5.74) is 7.28. The van der Waals surface area contributed by atoms with Crippen LogP contribution in [-0.2, 0) is 13.1 Å². The Bertz CT molecular complexity index is 1270. The van der Waals surface area contributed by atoms with Crippen LogP contribution < -0.4 is 14.9 Å². The van der Waals surface area contributed by atoms with Crippen molar-refractivity contribution < 1.29 is 9.47 Å². The number of benzene rings is 3. The highest BCUT2D eigenvalue weighted by molar-refractivity contribution is 6.35. The molecule has 0 radical (unpaired) electrons. The van der Waals surface area contributed by atoms with Crippen LogP contribution in [0.15, 0.2) is 72.0 Å². The number of ether oxygens (including phenoxy) is 2. The molecule has 0 aliphatic rings. The number of fused-ring (bicyclic) bond motifs is 1. The van der Waals surface area contributed by atoms with E-state index in [1.807, 2.05) is 48.7 Å². The summed E-state index contributed by atoms with van der Waals surface area (Å²) in [5, 5.41) is 6.83. The van der Waals surface area contributed by atoms with Gasteiger partial charge in [-0.05, 0) is 41.5 Å². The summed E-state index contributed by atoms with van der Waals surface area (Å²) in [4.78, 5) is 0. The Kier molecular flexibility index (Phi) is 6.88. The third-order valence-corrected chi connectivity index (χ3v) is 5.79. The van der Waals surface area contributed by atoms with Crippen LogP contribution in [0, 0.1) is 0 Å². The molecule has 0 fully saturated rings. The van der Waals surface area contributed by atoms with E-state index in [0.717, 1.165) is 27.6 Å². The van der Waals surface area contributed by atoms with E-state index in [4.69, 9.17) is 32.7 Å². The van der Waals surface area contributed by atoms with E-state index in [1.54, 1.807) is 20.3 Å². The van der Waals surface area contributed by atoms with Crippen molar-refractivity contribution in [2.45, 2.75) is 13.1 Å². The van der Waals surface area contributed by atoms with Crippen LogP contribution >= 0.6 is 23.2 Å². The third kappa shape index (κ3) is 4.85. The molecule has 32 heavy (non-hydrogen) atoms. The van der Waals surface area contributed by atoms with Crippen LogP contribution in [0.25, 0.3) is 10.9 Å². The Labute approximate surface area is 197 Å². The van der Waals surface area contributed by atoms with Crippen molar-refractivity contribution in [1.29, 1.82) is 0 Å². The molecule has 0 unspecified atom stereocenters. The summed E-state index contributed by atoms with van der Waals surface area (Å²) in [5.74, 6) is 1.40. The van der Waals surface area contributed by atoms with Gasteiger partial charge in [0.15, 0.2) is 11.5 Å². The largest absolute Gasteiger partial charge is 0.493 e. The van der Waals surface area contributed by atoms with Gasteiger partial charge < -0.3 is 19.5 Å². The first-order valence-corrected chi connectivity index (χ1v) is 10.8. The van der Waals surface area contributed by atoms with Gasteiger partial charge in [-0.3, -0.25) is 0 Å². The molecule has 0 saturated carbocycles. The molecule has 5 nitrogen and oxygen atoms in total. The smallest absolute Gasteiger partial charge is 0.161 e. The molecule has 1 heterocycles. The minimum atomic E-state index is 0.565. The maximum absolute atomic E-state index is 6.39. The van der Waals surface area contributed by atoms with Crippen LogP contribution in [0.3, 0.4) is 0 Å². The quantitative estimate of drug-likeness (QED) is 0.250. The molecule has 0 amide bonds. The Hall–Kier alpha value is -3.15. The van der Waals surface area contributed by atoms with Gasteiger partial charge in [0, 0.05) is 39.3 Å². The van der Waals surface area contributed by atoms with Crippen LogP contribution in [0.1, 0.15) is 16.7 Å². The Balaban J connectivity index is 1.51. The number of hydrogen-bond donors (Lipinski definition) is 1. The fourth-order valence-corrected chi connectivity index (χ4v) is 4.05. The maximum Gasteiger partial charge on any atom is 0.161 e. The van der Waals surface area contributed by atoms with Crippen molar-refractivity contribution in [2.24, 2.45) is 5.10 Å². The van der Waals surface area contributed by atoms with Crippen LogP contribution in [0.4, 0.5) is 0 Å². The molecule has 164 valence electrons. The van der Waals surface area contributed by atoms with Crippen molar-refractivity contribution in [2.75, 3.05) is 14.2 Å². The van der Waals surface area contributed by atoms with Crippen LogP contribution in [0.2, 0.25) is 10.0 Å². The number of hydrogen-bond acceptors (Lipinski definition) is 4. The summed E-state index contributed by atoms with van der Waals surface area (Å²) >= 11 is 12.4. The molecule has 0 bridgehead atoms. The normalized spacial score (nSPS) is 11.2. The minimum absolute atomic E-state index is 0.565. The monoisotopic (exact) mass is 467 g/mol. The van der Waals surface area contributed by atoms with Crippen molar-refractivity contribution in [3.63, 3.8) is 0 Å². The van der Waals surface area contributed by atoms with Gasteiger partial charge in [-0.1, -0.05) is 53.5 Å². The van der Waals surface area contributed by atoms with Gasteiger partial charge in [-0.15, -0.1) is 0 Å². The molecular weight excluding hydrogens is 445 g/mol. The van der Waals surface area contributed by atoms with Gasteiger partial charge >= 0.3 is 0 Å². The molecule has 7 heteroatoms. The molecule has 4 aromatic rings. The summed E-state index contributed by atoms with van der Waals surface area (Å²) in [6.45, 7) is 1.21. The van der Waals surface area contributed by atoms with E-state index in [0.29, 0.717) is 34.6 Å².